The molecule has 32 heavy (non-hydrogen) atoms. The standard InChI is InChI=1S/C29H40O3/c1-4-7-9-13-21-31-28-20-17-24(6-3)23-25(28)18-19-27(30)26-15-11-12-16-29(26)32-22-14-10-8-5-2/h11-12,15-20,23H,4-10,13-14,21-22H2,1-3H3/b19-18+. The lowest BCUT2D eigenvalue weighted by Crippen LogP contribution is -2.03. The van der Waals surface area contributed by atoms with Gasteiger partial charge >= 0.3 is 0 Å². The second kappa shape index (κ2) is 15.3. The maximum Gasteiger partial charge on any atom is 0.189 e. The van der Waals surface area contributed by atoms with Crippen LogP contribution in [0.25, 0.3) is 6.08 Å². The van der Waals surface area contributed by atoms with Gasteiger partial charge in [-0.25, -0.2) is 0 Å². The Kier molecular flexibility index (Phi) is 12.3. The van der Waals surface area contributed by atoms with Gasteiger partial charge in [-0.15, -0.1) is 0 Å². The first-order chi connectivity index (χ1) is 15.7. The zero-order valence-electron chi connectivity index (χ0n) is 20.2. The largest absolute Gasteiger partial charge is 0.493 e. The van der Waals surface area contributed by atoms with Crippen molar-refractivity contribution in [3.05, 3.63) is 65.2 Å². The average molecular weight is 437 g/mol. The maximum atomic E-state index is 13.0. The molecule has 0 aliphatic carbocycles. The van der Waals surface area contributed by atoms with E-state index in [1.807, 2.05) is 36.4 Å². The predicted molar refractivity (Wildman–Crippen MR) is 135 cm³/mol. The SMILES string of the molecule is CCCCCCOc1ccc(CC)cc1/C=C/C(=O)c1ccccc1OCCCCCC. The minimum absolute atomic E-state index is 0.0510. The summed E-state index contributed by atoms with van der Waals surface area (Å²) in [7, 11) is 0. The van der Waals surface area contributed by atoms with Gasteiger partial charge in [0.1, 0.15) is 11.5 Å². The summed E-state index contributed by atoms with van der Waals surface area (Å²) >= 11 is 0. The molecule has 0 N–H and O–H groups in total. The first-order valence-corrected chi connectivity index (χ1v) is 12.4. The van der Waals surface area contributed by atoms with E-state index in [0.717, 1.165) is 37.0 Å². The highest BCUT2D eigenvalue weighted by Gasteiger charge is 2.10. The predicted octanol–water partition coefficient (Wildman–Crippen LogP) is 8.06. The van der Waals surface area contributed by atoms with Crippen LogP contribution in [-0.2, 0) is 6.42 Å². The highest BCUT2D eigenvalue weighted by Crippen LogP contribution is 2.24. The van der Waals surface area contributed by atoms with Gasteiger partial charge in [-0.2, -0.15) is 0 Å². The van der Waals surface area contributed by atoms with E-state index in [0.29, 0.717) is 24.5 Å². The molecule has 0 amide bonds. The fourth-order valence-electron chi connectivity index (χ4n) is 3.55. The van der Waals surface area contributed by atoms with Gasteiger partial charge in [0.2, 0.25) is 0 Å². The molecule has 0 aromatic heterocycles. The number of allylic oxidation sites excluding steroid dienone is 1. The number of hydrogen-bond donors (Lipinski definition) is 0. The maximum absolute atomic E-state index is 13.0. The van der Waals surface area contributed by atoms with Gasteiger partial charge < -0.3 is 9.47 Å². The second-order valence-electron chi connectivity index (χ2n) is 8.24. The third-order valence-corrected chi connectivity index (χ3v) is 5.56. The summed E-state index contributed by atoms with van der Waals surface area (Å²) in [6, 6.07) is 13.7. The molecule has 2 aromatic carbocycles. The molecule has 0 spiro atoms. The van der Waals surface area contributed by atoms with Crippen molar-refractivity contribution < 1.29 is 14.3 Å². The number of ketones is 1. The Morgan fingerprint density at radius 3 is 2.09 bits per heavy atom. The molecule has 0 aliphatic heterocycles. The van der Waals surface area contributed by atoms with E-state index < -0.39 is 0 Å². The van der Waals surface area contributed by atoms with E-state index in [-0.39, 0.29) is 5.78 Å². The molecule has 0 fully saturated rings. The highest BCUT2D eigenvalue weighted by atomic mass is 16.5. The van der Waals surface area contributed by atoms with Gasteiger partial charge in [0.05, 0.1) is 18.8 Å². The van der Waals surface area contributed by atoms with Gasteiger partial charge in [0.25, 0.3) is 0 Å². The third-order valence-electron chi connectivity index (χ3n) is 5.56. The molecule has 0 unspecified atom stereocenters. The Labute approximate surface area is 194 Å². The number of benzene rings is 2. The first-order valence-electron chi connectivity index (χ1n) is 12.4. The van der Waals surface area contributed by atoms with Crippen molar-refractivity contribution in [1.29, 1.82) is 0 Å². The van der Waals surface area contributed by atoms with Gasteiger partial charge in [0, 0.05) is 5.56 Å². The van der Waals surface area contributed by atoms with Crippen LogP contribution in [0.3, 0.4) is 0 Å². The Hall–Kier alpha value is -2.55. The number of carbonyl (C=O) groups excluding carboxylic acids is 1. The van der Waals surface area contributed by atoms with Crippen LogP contribution >= 0.6 is 0 Å². The molecule has 0 bridgehead atoms. The lowest BCUT2D eigenvalue weighted by atomic mass is 10.0. The van der Waals surface area contributed by atoms with Crippen LogP contribution in [0.4, 0.5) is 0 Å². The molecule has 174 valence electrons. The van der Waals surface area contributed by atoms with Crippen LogP contribution in [0.1, 0.15) is 93.6 Å². The first kappa shape index (κ1) is 25.7. The van der Waals surface area contributed by atoms with Crippen LogP contribution in [-0.4, -0.2) is 19.0 Å². The molecule has 2 rings (SSSR count). The molecular weight excluding hydrogens is 396 g/mol. The van der Waals surface area contributed by atoms with Gasteiger partial charge in [0.15, 0.2) is 5.78 Å². The molecule has 0 aliphatic rings. The number of ether oxygens (including phenoxy) is 2. The molecule has 2 aromatic rings. The van der Waals surface area contributed by atoms with E-state index >= 15 is 0 Å². The van der Waals surface area contributed by atoms with Crippen LogP contribution in [0.2, 0.25) is 0 Å². The Balaban J connectivity index is 2.07. The minimum Gasteiger partial charge on any atom is -0.493 e. The van der Waals surface area contributed by atoms with E-state index in [9.17, 15) is 4.79 Å². The van der Waals surface area contributed by atoms with E-state index in [1.54, 1.807) is 6.08 Å². The topological polar surface area (TPSA) is 35.5 Å². The highest BCUT2D eigenvalue weighted by molar-refractivity contribution is 6.08. The zero-order chi connectivity index (χ0) is 23.0. The molecule has 0 saturated heterocycles. The number of carbonyl (C=O) groups is 1. The lowest BCUT2D eigenvalue weighted by Gasteiger charge is -2.11. The summed E-state index contributed by atoms with van der Waals surface area (Å²) in [6.07, 6.45) is 13.7. The monoisotopic (exact) mass is 436 g/mol. The molecule has 0 saturated carbocycles. The summed E-state index contributed by atoms with van der Waals surface area (Å²) in [5.74, 6) is 1.45. The molecular formula is C29H40O3. The van der Waals surface area contributed by atoms with Crippen molar-refractivity contribution in [3.8, 4) is 11.5 Å². The molecule has 0 atom stereocenters. The second-order valence-corrected chi connectivity index (χ2v) is 8.24. The van der Waals surface area contributed by atoms with Crippen LogP contribution in [0.15, 0.2) is 48.5 Å². The van der Waals surface area contributed by atoms with E-state index in [1.165, 1.54) is 37.7 Å². The van der Waals surface area contributed by atoms with Crippen LogP contribution < -0.4 is 9.47 Å². The Morgan fingerprint density at radius 2 is 1.44 bits per heavy atom. The Bertz CT molecular complexity index is 838. The summed E-state index contributed by atoms with van der Waals surface area (Å²) in [5.41, 5.74) is 2.78. The number of para-hydroxylation sites is 1. The van der Waals surface area contributed by atoms with Crippen LogP contribution in [0.5, 0.6) is 11.5 Å². The fourth-order valence-corrected chi connectivity index (χ4v) is 3.55. The van der Waals surface area contributed by atoms with Gasteiger partial charge in [-0.3, -0.25) is 4.79 Å². The van der Waals surface area contributed by atoms with Crippen molar-refractivity contribution in [1.82, 2.24) is 0 Å². The van der Waals surface area contributed by atoms with Crippen molar-refractivity contribution in [2.24, 2.45) is 0 Å². The van der Waals surface area contributed by atoms with E-state index in [4.69, 9.17) is 9.47 Å². The van der Waals surface area contributed by atoms with Crippen molar-refractivity contribution >= 4 is 11.9 Å². The molecule has 3 heteroatoms. The zero-order valence-corrected chi connectivity index (χ0v) is 20.2. The van der Waals surface area contributed by atoms with Gasteiger partial charge in [-0.1, -0.05) is 77.5 Å². The van der Waals surface area contributed by atoms with Crippen molar-refractivity contribution in [2.45, 2.75) is 78.6 Å². The van der Waals surface area contributed by atoms with E-state index in [2.05, 4.69) is 32.9 Å². The van der Waals surface area contributed by atoms with Crippen LogP contribution in [0, 0.1) is 0 Å². The number of aryl methyl sites for hydroxylation is 1. The Morgan fingerprint density at radius 1 is 0.781 bits per heavy atom. The molecule has 0 heterocycles. The number of hydrogen-bond acceptors (Lipinski definition) is 3. The summed E-state index contributed by atoms with van der Waals surface area (Å²) < 4.78 is 12.0. The molecule has 0 radical (unpaired) electrons. The molecule has 3 nitrogen and oxygen atoms in total. The number of unbranched alkanes of at least 4 members (excludes halogenated alkanes) is 6. The summed E-state index contributed by atoms with van der Waals surface area (Å²) in [6.45, 7) is 7.88. The average Bonchev–Trinajstić information content (AvgIpc) is 2.83. The van der Waals surface area contributed by atoms with Crippen molar-refractivity contribution in [2.75, 3.05) is 13.2 Å². The number of rotatable bonds is 16. The minimum atomic E-state index is -0.0510. The van der Waals surface area contributed by atoms with Gasteiger partial charge in [-0.05, 0) is 61.2 Å². The summed E-state index contributed by atoms with van der Waals surface area (Å²) in [4.78, 5) is 13.0. The normalized spacial score (nSPS) is 11.1. The quantitative estimate of drug-likeness (QED) is 0.152. The lowest BCUT2D eigenvalue weighted by molar-refractivity contribution is 0.104. The smallest absolute Gasteiger partial charge is 0.189 e. The third kappa shape index (κ3) is 8.90. The van der Waals surface area contributed by atoms with Crippen molar-refractivity contribution in [3.63, 3.8) is 0 Å². The summed E-state index contributed by atoms with van der Waals surface area (Å²) in [5, 5.41) is 0. The fraction of sp³-hybridized carbons (Fsp3) is 0.483.